The summed E-state index contributed by atoms with van der Waals surface area (Å²) >= 11 is 7.42. The Balaban J connectivity index is 2.31. The van der Waals surface area contributed by atoms with Crippen LogP contribution in [-0.2, 0) is 10.0 Å². The fourth-order valence-electron chi connectivity index (χ4n) is 1.80. The van der Waals surface area contributed by atoms with Crippen molar-refractivity contribution in [2.24, 2.45) is 0 Å². The summed E-state index contributed by atoms with van der Waals surface area (Å²) in [5, 5.41) is 5.41. The molecule has 7 heteroatoms. The van der Waals surface area contributed by atoms with Gasteiger partial charge >= 0.3 is 0 Å². The smallest absolute Gasteiger partial charge is 0.211 e. The average molecular weight is 325 g/mol. The lowest BCUT2D eigenvalue weighted by Crippen LogP contribution is -2.32. The first-order valence-electron chi connectivity index (χ1n) is 6.27. The molecule has 0 aliphatic heterocycles. The van der Waals surface area contributed by atoms with Crippen molar-refractivity contribution < 1.29 is 8.42 Å². The van der Waals surface area contributed by atoms with Crippen LogP contribution in [0.4, 0.5) is 0 Å². The molecular formula is C12H21ClN2O2S2. The molecule has 0 saturated carbocycles. The van der Waals surface area contributed by atoms with E-state index in [0.717, 1.165) is 17.3 Å². The number of rotatable bonds is 8. The number of hydrogen-bond acceptors (Lipinski definition) is 4. The summed E-state index contributed by atoms with van der Waals surface area (Å²) in [7, 11) is -3.07. The van der Waals surface area contributed by atoms with Gasteiger partial charge in [0.05, 0.1) is 10.6 Å². The molecule has 110 valence electrons. The topological polar surface area (TPSA) is 49.4 Å². The molecule has 0 bridgehead atoms. The maximum absolute atomic E-state index is 11.4. The van der Waals surface area contributed by atoms with Gasteiger partial charge < -0.3 is 5.32 Å². The molecule has 0 aliphatic rings. The van der Waals surface area contributed by atoms with Gasteiger partial charge in [-0.25, -0.2) is 12.7 Å². The monoisotopic (exact) mass is 324 g/mol. The minimum Gasteiger partial charge on any atom is -0.310 e. The summed E-state index contributed by atoms with van der Waals surface area (Å²) in [5.41, 5.74) is 1.17. The molecule has 0 fully saturated rings. The van der Waals surface area contributed by atoms with E-state index in [1.54, 1.807) is 0 Å². The predicted molar refractivity (Wildman–Crippen MR) is 82.5 cm³/mol. The molecule has 1 N–H and O–H groups in total. The third-order valence-corrected chi connectivity index (χ3v) is 5.43. The molecule has 1 aromatic heterocycles. The normalized spacial score (nSPS) is 13.9. The molecule has 19 heavy (non-hydrogen) atoms. The van der Waals surface area contributed by atoms with Gasteiger partial charge in [0.25, 0.3) is 0 Å². The molecule has 1 aromatic rings. The Morgan fingerprint density at radius 3 is 2.68 bits per heavy atom. The molecule has 0 radical (unpaired) electrons. The minimum absolute atomic E-state index is 0.233. The molecule has 0 aromatic carbocycles. The lowest BCUT2D eigenvalue weighted by Gasteiger charge is -2.18. The average Bonchev–Trinajstić information content (AvgIpc) is 2.74. The Morgan fingerprint density at radius 2 is 2.21 bits per heavy atom. The van der Waals surface area contributed by atoms with Gasteiger partial charge in [-0.3, -0.25) is 0 Å². The van der Waals surface area contributed by atoms with Gasteiger partial charge in [0.2, 0.25) is 10.0 Å². The highest BCUT2D eigenvalue weighted by molar-refractivity contribution is 7.88. The maximum atomic E-state index is 11.4. The van der Waals surface area contributed by atoms with E-state index < -0.39 is 10.0 Å². The Bertz CT molecular complexity index is 488. The summed E-state index contributed by atoms with van der Waals surface area (Å²) in [4.78, 5) is 0. The van der Waals surface area contributed by atoms with Crippen molar-refractivity contribution in [1.82, 2.24) is 9.62 Å². The van der Waals surface area contributed by atoms with Gasteiger partial charge in [0.15, 0.2) is 0 Å². The van der Waals surface area contributed by atoms with Crippen molar-refractivity contribution >= 4 is 33.0 Å². The van der Waals surface area contributed by atoms with Crippen LogP contribution < -0.4 is 5.32 Å². The van der Waals surface area contributed by atoms with Crippen LogP contribution in [0.5, 0.6) is 0 Å². The van der Waals surface area contributed by atoms with Gasteiger partial charge in [0.1, 0.15) is 0 Å². The Hall–Kier alpha value is -0.140. The van der Waals surface area contributed by atoms with Crippen molar-refractivity contribution in [3.8, 4) is 0 Å². The lowest BCUT2D eigenvalue weighted by atomic mass is 10.2. The number of nitrogens with zero attached hydrogens (tertiary/aromatic N) is 1. The van der Waals surface area contributed by atoms with Crippen LogP contribution in [0.3, 0.4) is 0 Å². The minimum atomic E-state index is -3.07. The van der Waals surface area contributed by atoms with Crippen molar-refractivity contribution in [3.05, 3.63) is 21.3 Å². The molecule has 1 heterocycles. The Labute approximate surface area is 124 Å². The third kappa shape index (κ3) is 5.79. The number of nitrogens with one attached hydrogen (secondary N) is 1. The van der Waals surface area contributed by atoms with Crippen LogP contribution in [-0.4, -0.2) is 38.6 Å². The summed E-state index contributed by atoms with van der Waals surface area (Å²) in [6, 6.07) is 2.19. The lowest BCUT2D eigenvalue weighted by molar-refractivity contribution is 0.413. The van der Waals surface area contributed by atoms with Crippen molar-refractivity contribution in [2.75, 3.05) is 25.9 Å². The number of hydrogen-bond donors (Lipinski definition) is 1. The van der Waals surface area contributed by atoms with Gasteiger partial charge in [-0.05, 0) is 36.9 Å². The van der Waals surface area contributed by atoms with E-state index in [-0.39, 0.29) is 6.04 Å². The number of thiophene rings is 1. The van der Waals surface area contributed by atoms with E-state index in [1.807, 2.05) is 18.4 Å². The molecule has 1 unspecified atom stereocenters. The molecule has 0 spiro atoms. The quantitative estimate of drug-likeness (QED) is 0.748. The number of halogens is 1. The molecule has 1 rings (SSSR count). The Kier molecular flexibility index (Phi) is 6.76. The molecule has 0 aliphatic carbocycles. The zero-order valence-corrected chi connectivity index (χ0v) is 13.9. The van der Waals surface area contributed by atoms with E-state index in [4.69, 9.17) is 11.6 Å². The van der Waals surface area contributed by atoms with Crippen molar-refractivity contribution in [2.45, 2.75) is 26.3 Å². The predicted octanol–water partition coefficient (Wildman–Crippen LogP) is 2.72. The second kappa shape index (κ2) is 7.59. The summed E-state index contributed by atoms with van der Waals surface area (Å²) in [6.45, 7) is 5.78. The van der Waals surface area contributed by atoms with Crippen LogP contribution in [0.15, 0.2) is 11.4 Å². The third-order valence-electron chi connectivity index (χ3n) is 2.94. The van der Waals surface area contributed by atoms with E-state index in [9.17, 15) is 8.42 Å². The first-order chi connectivity index (χ1) is 8.84. The second-order valence-electron chi connectivity index (χ2n) is 4.47. The molecule has 1 atom stereocenters. The van der Waals surface area contributed by atoms with E-state index in [1.165, 1.54) is 27.5 Å². The zero-order valence-electron chi connectivity index (χ0n) is 11.5. The molecular weight excluding hydrogens is 304 g/mol. The van der Waals surface area contributed by atoms with Gasteiger partial charge in [-0.1, -0.05) is 18.5 Å². The van der Waals surface area contributed by atoms with E-state index in [2.05, 4.69) is 12.2 Å². The van der Waals surface area contributed by atoms with Gasteiger partial charge in [-0.15, -0.1) is 11.3 Å². The molecule has 0 saturated heterocycles. The summed E-state index contributed by atoms with van der Waals surface area (Å²) in [5.74, 6) is 0. The van der Waals surface area contributed by atoms with Gasteiger partial charge in [-0.2, -0.15) is 0 Å². The summed E-state index contributed by atoms with van der Waals surface area (Å²) in [6.07, 6.45) is 2.04. The van der Waals surface area contributed by atoms with Crippen LogP contribution in [0.25, 0.3) is 0 Å². The zero-order chi connectivity index (χ0) is 14.5. The maximum Gasteiger partial charge on any atom is 0.211 e. The van der Waals surface area contributed by atoms with Crippen LogP contribution in [0, 0.1) is 0 Å². The molecule has 4 nitrogen and oxygen atoms in total. The van der Waals surface area contributed by atoms with Crippen molar-refractivity contribution in [3.63, 3.8) is 0 Å². The highest BCUT2D eigenvalue weighted by Crippen LogP contribution is 2.24. The highest BCUT2D eigenvalue weighted by atomic mass is 35.5. The first kappa shape index (κ1) is 16.9. The fourth-order valence-corrected chi connectivity index (χ4v) is 3.72. The fraction of sp³-hybridized carbons (Fsp3) is 0.667. The Morgan fingerprint density at radius 1 is 1.53 bits per heavy atom. The van der Waals surface area contributed by atoms with Crippen LogP contribution >= 0.6 is 22.9 Å². The number of sulfonamides is 1. The summed E-state index contributed by atoms with van der Waals surface area (Å²) < 4.78 is 25.1. The molecule has 0 amide bonds. The van der Waals surface area contributed by atoms with Gasteiger partial charge in [0, 0.05) is 19.1 Å². The van der Waals surface area contributed by atoms with E-state index in [0.29, 0.717) is 13.1 Å². The van der Waals surface area contributed by atoms with Crippen molar-refractivity contribution in [1.29, 1.82) is 0 Å². The van der Waals surface area contributed by atoms with E-state index >= 15 is 0 Å². The SMILES string of the molecule is CCN(CCCNC(C)c1csc(Cl)c1)S(C)(=O)=O. The highest BCUT2D eigenvalue weighted by Gasteiger charge is 2.13. The largest absolute Gasteiger partial charge is 0.310 e. The standard InChI is InChI=1S/C12H21ClN2O2S2/c1-4-15(19(3,16)17)7-5-6-14-10(2)11-8-12(13)18-9-11/h8-10,14H,4-7H2,1-3H3. The van der Waals surface area contributed by atoms with Crippen LogP contribution in [0.1, 0.15) is 31.9 Å². The van der Waals surface area contributed by atoms with Crippen LogP contribution in [0.2, 0.25) is 4.34 Å². The first-order valence-corrected chi connectivity index (χ1v) is 9.37. The second-order valence-corrected chi connectivity index (χ2v) is 7.99.